The smallest absolute Gasteiger partial charge is 0.340 e. The summed E-state index contributed by atoms with van der Waals surface area (Å²) >= 11 is 0. The summed E-state index contributed by atoms with van der Waals surface area (Å²) in [6.07, 6.45) is 2.47. The summed E-state index contributed by atoms with van der Waals surface area (Å²) in [5, 5.41) is 4.09. The minimum atomic E-state index is -0.840. The Bertz CT molecular complexity index is 1150. The molecule has 3 heterocycles. The minimum Gasteiger partial charge on any atom is -0.433 e. The van der Waals surface area contributed by atoms with Crippen LogP contribution in [-0.4, -0.2) is 40.3 Å². The number of nitrogens with one attached hydrogen (secondary N) is 2. The maximum absolute atomic E-state index is 12.9. The molecule has 7 heteroatoms. The average molecular weight is 403 g/mol. The number of hydrogen-bond acceptors (Lipinski definition) is 4. The van der Waals surface area contributed by atoms with Gasteiger partial charge in [-0.25, -0.2) is 4.79 Å². The summed E-state index contributed by atoms with van der Waals surface area (Å²) in [6, 6.07) is 14.4. The molecule has 2 amide bonds. The second-order valence-electron chi connectivity index (χ2n) is 7.60. The molecule has 0 spiro atoms. The van der Waals surface area contributed by atoms with Gasteiger partial charge in [-0.15, -0.1) is 0 Å². The highest BCUT2D eigenvalue weighted by Crippen LogP contribution is 2.38. The van der Waals surface area contributed by atoms with Gasteiger partial charge in [-0.2, -0.15) is 0 Å². The van der Waals surface area contributed by atoms with Crippen molar-refractivity contribution < 1.29 is 19.1 Å². The first-order chi connectivity index (χ1) is 14.6. The van der Waals surface area contributed by atoms with Crippen LogP contribution in [0, 0.1) is 0 Å². The average Bonchev–Trinajstić information content (AvgIpc) is 3.44. The van der Waals surface area contributed by atoms with E-state index in [0.717, 1.165) is 16.5 Å². The molecule has 5 rings (SSSR count). The normalized spacial score (nSPS) is 20.5. The van der Waals surface area contributed by atoms with Crippen molar-refractivity contribution in [3.05, 3.63) is 71.4 Å². The highest BCUT2D eigenvalue weighted by atomic mass is 16.6. The second kappa shape index (κ2) is 7.33. The second-order valence-corrected chi connectivity index (χ2v) is 7.60. The van der Waals surface area contributed by atoms with Crippen LogP contribution in [0.3, 0.4) is 0 Å². The topological polar surface area (TPSA) is 91.5 Å². The number of H-pyrrole nitrogens is 1. The fourth-order valence-corrected chi connectivity index (χ4v) is 4.36. The Balaban J connectivity index is 1.28. The molecule has 0 bridgehead atoms. The first kappa shape index (κ1) is 18.4. The first-order valence-corrected chi connectivity index (χ1v) is 10.1. The summed E-state index contributed by atoms with van der Waals surface area (Å²) in [4.78, 5) is 42.3. The maximum atomic E-state index is 12.9. The highest BCUT2D eigenvalue weighted by molar-refractivity contribution is 5.96. The zero-order chi connectivity index (χ0) is 20.7. The van der Waals surface area contributed by atoms with Gasteiger partial charge in [-0.3, -0.25) is 14.5 Å². The van der Waals surface area contributed by atoms with E-state index in [0.29, 0.717) is 30.5 Å². The summed E-state index contributed by atoms with van der Waals surface area (Å²) in [5.74, 6) is -0.865. The van der Waals surface area contributed by atoms with Crippen molar-refractivity contribution in [2.24, 2.45) is 0 Å². The van der Waals surface area contributed by atoms with Crippen molar-refractivity contribution in [2.75, 3.05) is 6.54 Å². The van der Waals surface area contributed by atoms with Crippen molar-refractivity contribution in [2.45, 2.75) is 31.5 Å². The Morgan fingerprint density at radius 1 is 1.13 bits per heavy atom. The zero-order valence-electron chi connectivity index (χ0n) is 16.3. The maximum Gasteiger partial charge on any atom is 0.340 e. The number of esters is 1. The number of nitrogens with zero attached hydrogens (tertiary/aromatic N) is 1. The molecule has 1 aromatic heterocycles. The summed E-state index contributed by atoms with van der Waals surface area (Å²) in [7, 11) is 0. The number of aromatic amines is 1. The molecule has 0 saturated carbocycles. The van der Waals surface area contributed by atoms with Crippen molar-refractivity contribution in [1.82, 2.24) is 15.2 Å². The third-order valence-electron chi connectivity index (χ3n) is 5.84. The van der Waals surface area contributed by atoms with Crippen LogP contribution >= 0.6 is 0 Å². The van der Waals surface area contributed by atoms with Crippen LogP contribution < -0.4 is 5.32 Å². The number of carbonyl (C=O) groups excluding carboxylic acids is 3. The van der Waals surface area contributed by atoms with Gasteiger partial charge < -0.3 is 15.0 Å². The monoisotopic (exact) mass is 403 g/mol. The fraction of sp³-hybridized carbons (Fsp3) is 0.261. The number of amides is 2. The van der Waals surface area contributed by atoms with Crippen LogP contribution in [0.1, 0.15) is 40.6 Å². The molecule has 0 aliphatic carbocycles. The van der Waals surface area contributed by atoms with Crippen molar-refractivity contribution >= 4 is 28.7 Å². The summed E-state index contributed by atoms with van der Waals surface area (Å²) < 4.78 is 5.46. The number of aromatic nitrogens is 1. The predicted molar refractivity (Wildman–Crippen MR) is 109 cm³/mol. The summed E-state index contributed by atoms with van der Waals surface area (Å²) in [6.45, 7) is 0.459. The number of ether oxygens (including phenoxy) is 1. The number of rotatable bonds is 5. The third kappa shape index (κ3) is 3.03. The number of fused-ring (bicyclic) bond motifs is 2. The van der Waals surface area contributed by atoms with E-state index in [1.165, 1.54) is 4.90 Å². The number of para-hydroxylation sites is 1. The largest absolute Gasteiger partial charge is 0.433 e. The molecule has 3 aromatic rings. The van der Waals surface area contributed by atoms with Gasteiger partial charge in [-0.05, 0) is 30.5 Å². The summed E-state index contributed by atoms with van der Waals surface area (Å²) in [5.41, 5.74) is 3.27. The predicted octanol–water partition coefficient (Wildman–Crippen LogP) is 2.69. The molecule has 152 valence electrons. The molecule has 2 atom stereocenters. The third-order valence-corrected chi connectivity index (χ3v) is 5.84. The van der Waals surface area contributed by atoms with Crippen LogP contribution in [-0.2, 0) is 20.7 Å². The van der Waals surface area contributed by atoms with E-state index in [2.05, 4.69) is 10.3 Å². The van der Waals surface area contributed by atoms with Crippen molar-refractivity contribution in [1.29, 1.82) is 0 Å². The van der Waals surface area contributed by atoms with Gasteiger partial charge in [0.25, 0.3) is 0 Å². The quantitative estimate of drug-likeness (QED) is 0.641. The van der Waals surface area contributed by atoms with E-state index in [4.69, 9.17) is 4.74 Å². The van der Waals surface area contributed by atoms with Crippen molar-refractivity contribution in [3.8, 4) is 0 Å². The van der Waals surface area contributed by atoms with Crippen LogP contribution in [0.25, 0.3) is 10.9 Å². The minimum absolute atomic E-state index is 0.179. The Morgan fingerprint density at radius 3 is 2.83 bits per heavy atom. The van der Waals surface area contributed by atoms with Crippen LogP contribution in [0.2, 0.25) is 0 Å². The van der Waals surface area contributed by atoms with E-state index >= 15 is 0 Å². The lowest BCUT2D eigenvalue weighted by Gasteiger charge is -2.29. The van der Waals surface area contributed by atoms with Gasteiger partial charge in [0.1, 0.15) is 6.04 Å². The van der Waals surface area contributed by atoms with E-state index in [9.17, 15) is 14.4 Å². The molecule has 0 radical (unpaired) electrons. The van der Waals surface area contributed by atoms with Crippen LogP contribution in [0.4, 0.5) is 0 Å². The number of likely N-dealkylation sites (tertiary alicyclic amines) is 1. The van der Waals surface area contributed by atoms with Gasteiger partial charge in [0.15, 0.2) is 0 Å². The van der Waals surface area contributed by atoms with Gasteiger partial charge in [-0.1, -0.05) is 36.4 Å². The number of benzene rings is 2. The molecule has 7 nitrogen and oxygen atoms in total. The Kier molecular flexibility index (Phi) is 4.50. The fourth-order valence-electron chi connectivity index (χ4n) is 4.36. The molecule has 2 N–H and O–H groups in total. The molecule has 30 heavy (non-hydrogen) atoms. The van der Waals surface area contributed by atoms with Gasteiger partial charge in [0.2, 0.25) is 18.0 Å². The molecule has 1 saturated heterocycles. The lowest BCUT2D eigenvalue weighted by atomic mass is 10.1. The van der Waals surface area contributed by atoms with Gasteiger partial charge in [0, 0.05) is 35.6 Å². The van der Waals surface area contributed by atoms with Crippen molar-refractivity contribution in [3.63, 3.8) is 0 Å². The van der Waals surface area contributed by atoms with Gasteiger partial charge in [0.05, 0.1) is 5.56 Å². The molecule has 0 unspecified atom stereocenters. The zero-order valence-corrected chi connectivity index (χ0v) is 16.3. The lowest BCUT2D eigenvalue weighted by molar-refractivity contribution is -0.145. The highest BCUT2D eigenvalue weighted by Gasteiger charge is 2.46. The molecular weight excluding hydrogens is 382 g/mol. The van der Waals surface area contributed by atoms with Crippen LogP contribution in [0.15, 0.2) is 54.7 Å². The first-order valence-electron chi connectivity index (χ1n) is 10.1. The standard InChI is InChI=1S/C23H21N3O4/c27-20-10-9-19(26(20)22-16-6-1-2-7-17(16)23(29)30-22)21(28)24-12-11-14-13-25-18-8-4-3-5-15(14)18/h1-8,13,19,22,25H,9-12H2,(H,24,28)/t19-,22+/m0/s1. The molecule has 1 fully saturated rings. The molecular formula is C23H21N3O4. The Hall–Kier alpha value is -3.61. The van der Waals surface area contributed by atoms with Gasteiger partial charge >= 0.3 is 5.97 Å². The molecule has 2 aromatic carbocycles. The number of carbonyl (C=O) groups is 3. The van der Waals surface area contributed by atoms with E-state index in [1.807, 2.05) is 30.5 Å². The SMILES string of the molecule is O=C1O[C@@H](N2C(=O)CC[C@H]2C(=O)NCCc2c[nH]c3ccccc23)c2ccccc21. The lowest BCUT2D eigenvalue weighted by Crippen LogP contribution is -2.46. The molecule has 2 aliphatic rings. The van der Waals surface area contributed by atoms with Crippen LogP contribution in [0.5, 0.6) is 0 Å². The number of cyclic esters (lactones) is 1. The Labute approximate surface area is 173 Å². The Morgan fingerprint density at radius 2 is 1.93 bits per heavy atom. The van der Waals surface area contributed by atoms with E-state index in [-0.39, 0.29) is 18.2 Å². The van der Waals surface area contributed by atoms with E-state index in [1.54, 1.807) is 24.3 Å². The van der Waals surface area contributed by atoms with E-state index < -0.39 is 18.2 Å². The molecule has 2 aliphatic heterocycles. The number of hydrogen-bond donors (Lipinski definition) is 2.